The molecule has 1 atom stereocenters. The second kappa shape index (κ2) is 5.13. The van der Waals surface area contributed by atoms with Gasteiger partial charge in [-0.25, -0.2) is 14.8 Å². The molecule has 1 aromatic heterocycles. The summed E-state index contributed by atoms with van der Waals surface area (Å²) < 4.78 is 5.34. The number of carbonyl (C=O) groups is 1. The molecule has 2 N–H and O–H groups in total. The van der Waals surface area contributed by atoms with Crippen molar-refractivity contribution in [3.63, 3.8) is 0 Å². The van der Waals surface area contributed by atoms with Crippen LogP contribution >= 0.6 is 0 Å². The van der Waals surface area contributed by atoms with Gasteiger partial charge in [0.05, 0.1) is 24.0 Å². The van der Waals surface area contributed by atoms with Crippen LogP contribution < -0.4 is 5.32 Å². The second-order valence-electron chi connectivity index (χ2n) is 5.44. The van der Waals surface area contributed by atoms with Gasteiger partial charge in [-0.15, -0.1) is 0 Å². The molecule has 1 aliphatic rings. The van der Waals surface area contributed by atoms with E-state index in [1.54, 1.807) is 6.20 Å². The van der Waals surface area contributed by atoms with Crippen molar-refractivity contribution in [2.75, 3.05) is 18.5 Å². The number of nitrogens with zero attached hydrogens (tertiary/aromatic N) is 2. The lowest BCUT2D eigenvalue weighted by atomic mass is 10.0. The van der Waals surface area contributed by atoms with Crippen LogP contribution in [0.25, 0.3) is 0 Å². The fraction of sp³-hybridized carbons (Fsp3) is 0.615. The van der Waals surface area contributed by atoms with Gasteiger partial charge in [0.2, 0.25) is 0 Å². The van der Waals surface area contributed by atoms with Gasteiger partial charge in [0, 0.05) is 12.5 Å². The summed E-state index contributed by atoms with van der Waals surface area (Å²) >= 11 is 0. The van der Waals surface area contributed by atoms with Gasteiger partial charge in [0.25, 0.3) is 0 Å². The second-order valence-corrected chi connectivity index (χ2v) is 5.44. The van der Waals surface area contributed by atoms with Crippen molar-refractivity contribution >= 4 is 11.7 Å². The normalized spacial score (nSPS) is 22.7. The van der Waals surface area contributed by atoms with Crippen LogP contribution in [-0.4, -0.2) is 39.8 Å². The number of carboxylic acids is 1. The lowest BCUT2D eigenvalue weighted by Gasteiger charge is -2.25. The molecule has 1 saturated heterocycles. The lowest BCUT2D eigenvalue weighted by Crippen LogP contribution is -2.36. The summed E-state index contributed by atoms with van der Waals surface area (Å²) in [4.78, 5) is 19.7. The molecule has 2 heterocycles. The van der Waals surface area contributed by atoms with Crippen molar-refractivity contribution in [1.29, 1.82) is 0 Å². The van der Waals surface area contributed by atoms with Crippen LogP contribution in [0.3, 0.4) is 0 Å². The number of nitrogens with one attached hydrogen (secondary N) is 1. The molecule has 0 spiro atoms. The number of hydrogen-bond donors (Lipinski definition) is 2. The molecule has 1 fully saturated rings. The maximum atomic E-state index is 11.3. The molecule has 0 amide bonds. The van der Waals surface area contributed by atoms with E-state index in [1.165, 1.54) is 0 Å². The minimum Gasteiger partial charge on any atom is -0.476 e. The van der Waals surface area contributed by atoms with Crippen molar-refractivity contribution in [1.82, 2.24) is 9.97 Å². The van der Waals surface area contributed by atoms with Gasteiger partial charge < -0.3 is 15.2 Å². The summed E-state index contributed by atoms with van der Waals surface area (Å²) in [6.45, 7) is 7.09. The molecule has 0 radical (unpaired) electrons. The van der Waals surface area contributed by atoms with Crippen molar-refractivity contribution < 1.29 is 14.6 Å². The van der Waals surface area contributed by atoms with Crippen molar-refractivity contribution in [2.24, 2.45) is 0 Å². The Morgan fingerprint density at radius 2 is 2.32 bits per heavy atom. The smallest absolute Gasteiger partial charge is 0.356 e. The standard InChI is InChI=1S/C13H19N3O3/c1-8(2)11-14-6-9(10(15-11)12(17)18)16-13(3)4-5-19-7-13/h6,8,16H,4-5,7H2,1-3H3,(H,17,18). The fourth-order valence-electron chi connectivity index (χ4n) is 2.02. The third-order valence-electron chi connectivity index (χ3n) is 3.18. The highest BCUT2D eigenvalue weighted by Gasteiger charge is 2.31. The van der Waals surface area contributed by atoms with E-state index in [2.05, 4.69) is 15.3 Å². The number of rotatable bonds is 4. The molecular formula is C13H19N3O3. The van der Waals surface area contributed by atoms with Crippen LogP contribution in [0.4, 0.5) is 5.69 Å². The summed E-state index contributed by atoms with van der Waals surface area (Å²) in [7, 11) is 0. The van der Waals surface area contributed by atoms with Crippen molar-refractivity contribution in [2.45, 2.75) is 38.6 Å². The molecule has 2 rings (SSSR count). The Morgan fingerprint density at radius 3 is 2.84 bits per heavy atom. The minimum atomic E-state index is -1.05. The first-order valence-corrected chi connectivity index (χ1v) is 6.37. The van der Waals surface area contributed by atoms with Gasteiger partial charge in [0.15, 0.2) is 5.69 Å². The fourth-order valence-corrected chi connectivity index (χ4v) is 2.02. The van der Waals surface area contributed by atoms with Crippen LogP contribution in [0.5, 0.6) is 0 Å². The number of anilines is 1. The SMILES string of the molecule is CC(C)c1ncc(NC2(C)CCOC2)c(C(=O)O)n1. The summed E-state index contributed by atoms with van der Waals surface area (Å²) in [6, 6.07) is 0. The van der Waals surface area contributed by atoms with Gasteiger partial charge in [-0.1, -0.05) is 13.8 Å². The summed E-state index contributed by atoms with van der Waals surface area (Å²) in [5.74, 6) is -0.414. The molecule has 1 aliphatic heterocycles. The maximum absolute atomic E-state index is 11.3. The highest BCUT2D eigenvalue weighted by atomic mass is 16.5. The molecule has 1 aromatic rings. The van der Waals surface area contributed by atoms with E-state index < -0.39 is 5.97 Å². The summed E-state index contributed by atoms with van der Waals surface area (Å²) in [6.07, 6.45) is 2.38. The third kappa shape index (κ3) is 3.01. The Labute approximate surface area is 112 Å². The Balaban J connectivity index is 2.31. The first kappa shape index (κ1) is 13.7. The first-order valence-electron chi connectivity index (χ1n) is 6.37. The molecule has 0 saturated carbocycles. The predicted molar refractivity (Wildman–Crippen MR) is 70.5 cm³/mol. The zero-order chi connectivity index (χ0) is 14.0. The topological polar surface area (TPSA) is 84.3 Å². The highest BCUT2D eigenvalue weighted by Crippen LogP contribution is 2.25. The van der Waals surface area contributed by atoms with Gasteiger partial charge in [-0.05, 0) is 13.3 Å². The van der Waals surface area contributed by atoms with E-state index in [0.29, 0.717) is 24.7 Å². The van der Waals surface area contributed by atoms with Crippen LogP contribution in [0.1, 0.15) is 49.4 Å². The molecule has 104 valence electrons. The largest absolute Gasteiger partial charge is 0.476 e. The highest BCUT2D eigenvalue weighted by molar-refractivity contribution is 5.91. The van der Waals surface area contributed by atoms with E-state index in [4.69, 9.17) is 4.74 Å². The number of carboxylic acid groups (broad SMARTS) is 1. The number of hydrogen-bond acceptors (Lipinski definition) is 5. The summed E-state index contributed by atoms with van der Waals surface area (Å²) in [5.41, 5.74) is 0.212. The zero-order valence-corrected chi connectivity index (χ0v) is 11.4. The van der Waals surface area contributed by atoms with E-state index in [0.717, 1.165) is 6.42 Å². The molecule has 6 nitrogen and oxygen atoms in total. The Hall–Kier alpha value is -1.69. The number of ether oxygens (including phenoxy) is 1. The molecular weight excluding hydrogens is 246 g/mol. The van der Waals surface area contributed by atoms with Gasteiger partial charge in [0.1, 0.15) is 5.82 Å². The minimum absolute atomic E-state index is 0.0202. The molecule has 0 aliphatic carbocycles. The first-order chi connectivity index (χ1) is 8.91. The Morgan fingerprint density at radius 1 is 1.58 bits per heavy atom. The number of aromatic nitrogens is 2. The van der Waals surface area contributed by atoms with Gasteiger partial charge >= 0.3 is 5.97 Å². The Kier molecular flexibility index (Phi) is 3.71. The van der Waals surface area contributed by atoms with E-state index in [9.17, 15) is 9.90 Å². The molecule has 0 bridgehead atoms. The summed E-state index contributed by atoms with van der Waals surface area (Å²) in [5, 5.41) is 12.5. The van der Waals surface area contributed by atoms with Gasteiger partial charge in [-0.3, -0.25) is 0 Å². The molecule has 6 heteroatoms. The third-order valence-corrected chi connectivity index (χ3v) is 3.18. The van der Waals surface area contributed by atoms with Crippen LogP contribution in [0, 0.1) is 0 Å². The van der Waals surface area contributed by atoms with Crippen molar-refractivity contribution in [3.8, 4) is 0 Å². The zero-order valence-electron chi connectivity index (χ0n) is 11.4. The average molecular weight is 265 g/mol. The molecule has 1 unspecified atom stereocenters. The van der Waals surface area contributed by atoms with Crippen LogP contribution in [0.2, 0.25) is 0 Å². The number of aromatic carboxylic acids is 1. The average Bonchev–Trinajstić information content (AvgIpc) is 2.75. The maximum Gasteiger partial charge on any atom is 0.356 e. The van der Waals surface area contributed by atoms with Crippen LogP contribution in [-0.2, 0) is 4.74 Å². The molecule has 19 heavy (non-hydrogen) atoms. The van der Waals surface area contributed by atoms with E-state index in [-0.39, 0.29) is 17.2 Å². The van der Waals surface area contributed by atoms with Crippen LogP contribution in [0.15, 0.2) is 6.20 Å². The monoisotopic (exact) mass is 265 g/mol. The quantitative estimate of drug-likeness (QED) is 0.864. The van der Waals surface area contributed by atoms with E-state index in [1.807, 2.05) is 20.8 Å². The van der Waals surface area contributed by atoms with Crippen molar-refractivity contribution in [3.05, 3.63) is 17.7 Å². The molecule has 0 aromatic carbocycles. The van der Waals surface area contributed by atoms with E-state index >= 15 is 0 Å². The predicted octanol–water partition coefficient (Wildman–Crippen LogP) is 1.89. The Bertz CT molecular complexity index is 482. The van der Waals surface area contributed by atoms with Gasteiger partial charge in [-0.2, -0.15) is 0 Å². The lowest BCUT2D eigenvalue weighted by molar-refractivity contribution is 0.0691.